The highest BCUT2D eigenvalue weighted by Gasteiger charge is 2.19. The summed E-state index contributed by atoms with van der Waals surface area (Å²) in [5.41, 5.74) is 6.81. The van der Waals surface area contributed by atoms with Crippen molar-refractivity contribution in [3.8, 4) is 5.75 Å². The maximum absolute atomic E-state index is 13.1. The highest BCUT2D eigenvalue weighted by Crippen LogP contribution is 2.18. The van der Waals surface area contributed by atoms with Crippen molar-refractivity contribution in [3.63, 3.8) is 0 Å². The van der Waals surface area contributed by atoms with Gasteiger partial charge in [0.2, 0.25) is 11.3 Å². The van der Waals surface area contributed by atoms with Gasteiger partial charge in [0.1, 0.15) is 12.4 Å². The number of rotatable bonds is 6. The average Bonchev–Trinajstić information content (AvgIpc) is 2.65. The smallest absolute Gasteiger partial charge is 0.237 e. The Hall–Kier alpha value is -2.87. The summed E-state index contributed by atoms with van der Waals surface area (Å²) in [6.07, 6.45) is 1.52. The summed E-state index contributed by atoms with van der Waals surface area (Å²) in [7, 11) is 1.42. The molecule has 0 spiro atoms. The van der Waals surface area contributed by atoms with Gasteiger partial charge in [-0.2, -0.15) is 0 Å². The number of pyridine rings is 1. The molecule has 0 bridgehead atoms. The third-order valence-electron chi connectivity index (χ3n) is 4.68. The van der Waals surface area contributed by atoms with Crippen LogP contribution in [0.3, 0.4) is 0 Å². The number of carbonyl (C=O) groups is 1. The Bertz CT molecular complexity index is 858. The Morgan fingerprint density at radius 1 is 1.19 bits per heavy atom. The van der Waals surface area contributed by atoms with Gasteiger partial charge < -0.3 is 19.9 Å². The Labute approximate surface area is 156 Å². The zero-order valence-corrected chi connectivity index (χ0v) is 15.2. The summed E-state index contributed by atoms with van der Waals surface area (Å²) >= 11 is 0. The normalized spacial score (nSPS) is 15.0. The lowest BCUT2D eigenvalue weighted by Gasteiger charge is -2.36. The highest BCUT2D eigenvalue weighted by atomic mass is 19.1. The molecule has 0 saturated carbocycles. The molecule has 8 heteroatoms. The number of hydrogen-bond acceptors (Lipinski definition) is 5. The fourth-order valence-corrected chi connectivity index (χ4v) is 3.24. The van der Waals surface area contributed by atoms with E-state index in [0.717, 1.165) is 37.6 Å². The molecule has 1 aliphatic heterocycles. The van der Waals surface area contributed by atoms with Crippen LogP contribution in [0.1, 0.15) is 5.69 Å². The Kier molecular flexibility index (Phi) is 5.75. The topological polar surface area (TPSA) is 80.8 Å². The number of ether oxygens (including phenoxy) is 1. The lowest BCUT2D eigenvalue weighted by atomic mass is 10.2. The molecule has 1 amide bonds. The van der Waals surface area contributed by atoms with Gasteiger partial charge in [-0.15, -0.1) is 0 Å². The summed E-state index contributed by atoms with van der Waals surface area (Å²) in [4.78, 5) is 27.9. The van der Waals surface area contributed by atoms with Gasteiger partial charge in [-0.3, -0.25) is 14.5 Å². The fourth-order valence-electron chi connectivity index (χ4n) is 3.24. The van der Waals surface area contributed by atoms with Crippen LogP contribution in [0.25, 0.3) is 0 Å². The third-order valence-corrected chi connectivity index (χ3v) is 4.68. The van der Waals surface area contributed by atoms with Crippen LogP contribution in [0.2, 0.25) is 0 Å². The molecule has 1 saturated heterocycles. The van der Waals surface area contributed by atoms with E-state index in [9.17, 15) is 14.0 Å². The van der Waals surface area contributed by atoms with Gasteiger partial charge in [0.25, 0.3) is 0 Å². The summed E-state index contributed by atoms with van der Waals surface area (Å²) in [5.74, 6) is -0.548. The van der Waals surface area contributed by atoms with Crippen LogP contribution in [0.4, 0.5) is 10.1 Å². The van der Waals surface area contributed by atoms with E-state index < -0.39 is 5.91 Å². The SMILES string of the molecule is COc1cn(CC(N)=O)c(CN2CCN(c3ccc(F)cc3)CC2)cc1=O. The molecule has 0 aliphatic carbocycles. The van der Waals surface area contributed by atoms with E-state index in [1.165, 1.54) is 31.5 Å². The second-order valence-electron chi connectivity index (χ2n) is 6.53. The van der Waals surface area contributed by atoms with E-state index in [-0.39, 0.29) is 23.5 Å². The van der Waals surface area contributed by atoms with Crippen LogP contribution in [-0.2, 0) is 17.9 Å². The number of carbonyl (C=O) groups excluding carboxylic acids is 1. The summed E-state index contributed by atoms with van der Waals surface area (Å²) in [5, 5.41) is 0. The van der Waals surface area contributed by atoms with E-state index in [1.54, 1.807) is 16.7 Å². The zero-order chi connectivity index (χ0) is 19.4. The number of primary amides is 1. The van der Waals surface area contributed by atoms with Crippen molar-refractivity contribution in [1.82, 2.24) is 9.47 Å². The summed E-state index contributed by atoms with van der Waals surface area (Å²) in [6.45, 7) is 3.68. The minimum Gasteiger partial charge on any atom is -0.491 e. The molecule has 27 heavy (non-hydrogen) atoms. The largest absolute Gasteiger partial charge is 0.491 e. The molecule has 7 nitrogen and oxygen atoms in total. The van der Waals surface area contributed by atoms with E-state index in [2.05, 4.69) is 9.80 Å². The number of anilines is 1. The second kappa shape index (κ2) is 8.22. The first kappa shape index (κ1) is 18.9. The number of methoxy groups -OCH3 is 1. The number of hydrogen-bond donors (Lipinski definition) is 1. The van der Waals surface area contributed by atoms with Crippen molar-refractivity contribution in [3.05, 3.63) is 58.3 Å². The Morgan fingerprint density at radius 2 is 1.85 bits per heavy atom. The van der Waals surface area contributed by atoms with Gasteiger partial charge in [0, 0.05) is 50.2 Å². The molecule has 0 radical (unpaired) electrons. The Morgan fingerprint density at radius 3 is 2.44 bits per heavy atom. The molecule has 3 rings (SSSR count). The first-order chi connectivity index (χ1) is 13.0. The number of nitrogens with zero attached hydrogens (tertiary/aromatic N) is 3. The van der Waals surface area contributed by atoms with E-state index in [0.29, 0.717) is 6.54 Å². The van der Waals surface area contributed by atoms with Gasteiger partial charge in [-0.05, 0) is 24.3 Å². The maximum Gasteiger partial charge on any atom is 0.237 e. The van der Waals surface area contributed by atoms with Crippen molar-refractivity contribution in [2.24, 2.45) is 5.73 Å². The van der Waals surface area contributed by atoms with Crippen LogP contribution in [0.5, 0.6) is 5.75 Å². The predicted octanol–water partition coefficient (Wildman–Crippen LogP) is 0.804. The molecule has 1 aromatic heterocycles. The molecular formula is C19H23FN4O3. The quantitative estimate of drug-likeness (QED) is 0.809. The maximum atomic E-state index is 13.1. The molecule has 144 valence electrons. The van der Waals surface area contributed by atoms with E-state index >= 15 is 0 Å². The number of nitrogens with two attached hydrogens (primary N) is 1. The summed E-state index contributed by atoms with van der Waals surface area (Å²) < 4.78 is 19.8. The lowest BCUT2D eigenvalue weighted by molar-refractivity contribution is -0.118. The molecule has 0 unspecified atom stereocenters. The van der Waals surface area contributed by atoms with Crippen LogP contribution < -0.4 is 20.8 Å². The first-order valence-electron chi connectivity index (χ1n) is 8.75. The Balaban J connectivity index is 1.69. The predicted molar refractivity (Wildman–Crippen MR) is 100 cm³/mol. The van der Waals surface area contributed by atoms with E-state index in [4.69, 9.17) is 10.5 Å². The van der Waals surface area contributed by atoms with Crippen molar-refractivity contribution < 1.29 is 13.9 Å². The third kappa shape index (κ3) is 4.65. The monoisotopic (exact) mass is 374 g/mol. The first-order valence-corrected chi connectivity index (χ1v) is 8.75. The minimum absolute atomic E-state index is 0.0124. The fraction of sp³-hybridized carbons (Fsp3) is 0.368. The molecular weight excluding hydrogens is 351 g/mol. The van der Waals surface area contributed by atoms with Crippen molar-refractivity contribution in [1.29, 1.82) is 0 Å². The number of benzene rings is 1. The van der Waals surface area contributed by atoms with Crippen LogP contribution in [-0.4, -0.2) is 48.7 Å². The van der Waals surface area contributed by atoms with Crippen molar-refractivity contribution >= 4 is 11.6 Å². The highest BCUT2D eigenvalue weighted by molar-refractivity contribution is 5.73. The zero-order valence-electron chi connectivity index (χ0n) is 15.2. The van der Waals surface area contributed by atoms with Crippen LogP contribution >= 0.6 is 0 Å². The number of piperazine rings is 1. The molecule has 1 aromatic carbocycles. The number of aromatic nitrogens is 1. The molecule has 0 atom stereocenters. The van der Waals surface area contributed by atoms with E-state index in [1.807, 2.05) is 0 Å². The molecule has 2 aromatic rings. The van der Waals surface area contributed by atoms with Crippen LogP contribution in [0.15, 0.2) is 41.3 Å². The molecule has 1 aliphatic rings. The van der Waals surface area contributed by atoms with Crippen molar-refractivity contribution in [2.75, 3.05) is 38.2 Å². The number of amides is 1. The number of halogens is 1. The minimum atomic E-state index is -0.483. The van der Waals surface area contributed by atoms with Crippen molar-refractivity contribution in [2.45, 2.75) is 13.1 Å². The second-order valence-corrected chi connectivity index (χ2v) is 6.53. The average molecular weight is 374 g/mol. The summed E-state index contributed by atoms with van der Waals surface area (Å²) in [6, 6.07) is 7.97. The van der Waals surface area contributed by atoms with Gasteiger partial charge >= 0.3 is 0 Å². The van der Waals surface area contributed by atoms with Gasteiger partial charge in [0.05, 0.1) is 13.3 Å². The molecule has 2 N–H and O–H groups in total. The molecule has 2 heterocycles. The van der Waals surface area contributed by atoms with Gasteiger partial charge in [-0.25, -0.2) is 4.39 Å². The lowest BCUT2D eigenvalue weighted by Crippen LogP contribution is -2.46. The standard InChI is InChI=1S/C19H23FN4O3/c1-27-18-12-24(13-19(21)26)16(10-17(18)25)11-22-6-8-23(9-7-22)15-4-2-14(20)3-5-15/h2-5,10,12H,6-9,11,13H2,1H3,(H2,21,26). The molecule has 1 fully saturated rings. The van der Waals surface area contributed by atoms with Gasteiger partial charge in [0.15, 0.2) is 5.75 Å². The van der Waals surface area contributed by atoms with Crippen LogP contribution in [0, 0.1) is 5.82 Å². The van der Waals surface area contributed by atoms with Gasteiger partial charge in [-0.1, -0.05) is 0 Å².